The molecule has 0 aliphatic carbocycles. The first-order valence-electron chi connectivity index (χ1n) is 3.51. The quantitative estimate of drug-likeness (QED) is 0.757. The first kappa shape index (κ1) is 8.61. The number of benzene rings is 1. The minimum Gasteiger partial charge on any atom is -0.333 e. The summed E-state index contributed by atoms with van der Waals surface area (Å²) in [4.78, 5) is 3.96. The van der Waals surface area contributed by atoms with Crippen molar-refractivity contribution in [2.24, 2.45) is 0 Å². The van der Waals surface area contributed by atoms with Crippen LogP contribution in [0.5, 0.6) is 0 Å². The fourth-order valence-corrected chi connectivity index (χ4v) is 1.26. The van der Waals surface area contributed by atoms with Crippen molar-refractivity contribution >= 4 is 22.6 Å². The molecule has 0 bridgehead atoms. The van der Waals surface area contributed by atoms with E-state index >= 15 is 0 Å². The summed E-state index contributed by atoms with van der Waals surface area (Å²) in [5, 5.41) is 3.60. The van der Waals surface area contributed by atoms with Gasteiger partial charge in [0.05, 0.1) is 0 Å². The van der Waals surface area contributed by atoms with Gasteiger partial charge in [-0.25, -0.2) is 4.39 Å². The summed E-state index contributed by atoms with van der Waals surface area (Å²) in [6.07, 6.45) is 0. The lowest BCUT2D eigenvalue weighted by Gasteiger charge is -1.92. The first-order chi connectivity index (χ1) is 6.25. The molecule has 0 radical (unpaired) electrons. The van der Waals surface area contributed by atoms with Crippen molar-refractivity contribution in [3.05, 3.63) is 33.9 Å². The Kier molecular flexibility index (Phi) is 2.26. The molecule has 3 nitrogen and oxygen atoms in total. The molecule has 5 heteroatoms. The van der Waals surface area contributed by atoms with Gasteiger partial charge in [0.15, 0.2) is 0 Å². The number of hydrogen-bond donors (Lipinski definition) is 0. The van der Waals surface area contributed by atoms with Crippen molar-refractivity contribution < 1.29 is 8.91 Å². The van der Waals surface area contributed by atoms with E-state index in [1.807, 2.05) is 22.6 Å². The SMILES string of the molecule is Fc1cccc(-c2nc(I)no2)c1. The highest BCUT2D eigenvalue weighted by atomic mass is 127. The van der Waals surface area contributed by atoms with Crippen molar-refractivity contribution in [1.29, 1.82) is 0 Å². The van der Waals surface area contributed by atoms with Crippen LogP contribution in [0.1, 0.15) is 0 Å². The van der Waals surface area contributed by atoms with Gasteiger partial charge in [-0.3, -0.25) is 0 Å². The lowest BCUT2D eigenvalue weighted by molar-refractivity contribution is 0.425. The second-order valence-corrected chi connectivity index (χ2v) is 3.34. The van der Waals surface area contributed by atoms with E-state index in [4.69, 9.17) is 4.52 Å². The van der Waals surface area contributed by atoms with Crippen LogP contribution in [0.2, 0.25) is 0 Å². The molecule has 0 amide bonds. The molecule has 0 saturated carbocycles. The van der Waals surface area contributed by atoms with Crippen LogP contribution in [-0.4, -0.2) is 10.1 Å². The summed E-state index contributed by atoms with van der Waals surface area (Å²) in [5.74, 6) is 0.0228. The van der Waals surface area contributed by atoms with Crippen LogP contribution in [0, 0.1) is 9.65 Å². The van der Waals surface area contributed by atoms with E-state index in [1.54, 1.807) is 12.1 Å². The molecule has 0 aliphatic rings. The second kappa shape index (κ2) is 3.41. The van der Waals surface area contributed by atoms with Crippen LogP contribution in [0.3, 0.4) is 0 Å². The largest absolute Gasteiger partial charge is 0.333 e. The molecule has 2 aromatic rings. The number of hydrogen-bond acceptors (Lipinski definition) is 3. The molecular weight excluding hydrogens is 286 g/mol. The zero-order valence-electron chi connectivity index (χ0n) is 6.37. The molecule has 2 rings (SSSR count). The number of nitrogens with zero attached hydrogens (tertiary/aromatic N) is 2. The van der Waals surface area contributed by atoms with Gasteiger partial charge >= 0.3 is 0 Å². The maximum Gasteiger partial charge on any atom is 0.258 e. The molecule has 0 fully saturated rings. The van der Waals surface area contributed by atoms with Gasteiger partial charge < -0.3 is 4.52 Å². The molecule has 1 aromatic carbocycles. The van der Waals surface area contributed by atoms with Crippen LogP contribution < -0.4 is 0 Å². The van der Waals surface area contributed by atoms with Crippen molar-refractivity contribution in [2.75, 3.05) is 0 Å². The Balaban J connectivity index is 2.46. The zero-order valence-corrected chi connectivity index (χ0v) is 8.53. The van der Waals surface area contributed by atoms with Gasteiger partial charge in [-0.2, -0.15) is 4.98 Å². The zero-order chi connectivity index (χ0) is 9.26. The topological polar surface area (TPSA) is 38.9 Å². The Morgan fingerprint density at radius 3 is 2.85 bits per heavy atom. The van der Waals surface area contributed by atoms with Crippen molar-refractivity contribution in [1.82, 2.24) is 10.1 Å². The Morgan fingerprint density at radius 1 is 1.38 bits per heavy atom. The lowest BCUT2D eigenvalue weighted by atomic mass is 10.2. The predicted octanol–water partition coefficient (Wildman–Crippen LogP) is 2.48. The molecule has 0 atom stereocenters. The maximum atomic E-state index is 12.8. The normalized spacial score (nSPS) is 10.3. The Hall–Kier alpha value is -0.980. The summed E-state index contributed by atoms with van der Waals surface area (Å²) < 4.78 is 18.1. The van der Waals surface area contributed by atoms with Gasteiger partial charge in [-0.1, -0.05) is 11.2 Å². The van der Waals surface area contributed by atoms with Crippen molar-refractivity contribution in [3.63, 3.8) is 0 Å². The van der Waals surface area contributed by atoms with E-state index in [-0.39, 0.29) is 5.82 Å². The molecule has 0 aliphatic heterocycles. The Morgan fingerprint density at radius 2 is 2.23 bits per heavy atom. The first-order valence-corrected chi connectivity index (χ1v) is 4.59. The predicted molar refractivity (Wildman–Crippen MR) is 52.4 cm³/mol. The summed E-state index contributed by atoms with van der Waals surface area (Å²) in [6, 6.07) is 6.03. The van der Waals surface area contributed by atoms with Gasteiger partial charge in [0, 0.05) is 28.2 Å². The molecular formula is C8H4FIN2O. The summed E-state index contributed by atoms with van der Waals surface area (Å²) in [6.45, 7) is 0. The molecule has 1 aromatic heterocycles. The average molecular weight is 290 g/mol. The van der Waals surface area contributed by atoms with E-state index in [9.17, 15) is 4.39 Å². The molecule has 0 unspecified atom stereocenters. The van der Waals surface area contributed by atoms with Crippen molar-refractivity contribution in [3.8, 4) is 11.5 Å². The minimum atomic E-state index is -0.314. The molecule has 13 heavy (non-hydrogen) atoms. The van der Waals surface area contributed by atoms with Gasteiger partial charge in [0.2, 0.25) is 3.83 Å². The summed E-state index contributed by atoms with van der Waals surface area (Å²) in [7, 11) is 0. The van der Waals surface area contributed by atoms with Gasteiger partial charge in [0.1, 0.15) is 5.82 Å². The van der Waals surface area contributed by atoms with Gasteiger partial charge in [-0.15, -0.1) is 0 Å². The van der Waals surface area contributed by atoms with E-state index in [2.05, 4.69) is 10.1 Å². The third-order valence-electron chi connectivity index (χ3n) is 1.47. The van der Waals surface area contributed by atoms with Crippen LogP contribution in [0.25, 0.3) is 11.5 Å². The highest BCUT2D eigenvalue weighted by Gasteiger charge is 2.06. The highest BCUT2D eigenvalue weighted by Crippen LogP contribution is 2.17. The van der Waals surface area contributed by atoms with Crippen molar-refractivity contribution in [2.45, 2.75) is 0 Å². The Labute approximate surface area is 87.1 Å². The number of aromatic nitrogens is 2. The second-order valence-electron chi connectivity index (χ2n) is 2.38. The third kappa shape index (κ3) is 1.85. The van der Waals surface area contributed by atoms with Gasteiger partial charge in [-0.05, 0) is 18.2 Å². The average Bonchev–Trinajstić information content (AvgIpc) is 2.52. The maximum absolute atomic E-state index is 12.8. The molecule has 0 spiro atoms. The fourth-order valence-electron chi connectivity index (χ4n) is 0.944. The van der Waals surface area contributed by atoms with Gasteiger partial charge in [0.25, 0.3) is 5.89 Å². The monoisotopic (exact) mass is 290 g/mol. The third-order valence-corrected chi connectivity index (χ3v) is 1.91. The summed E-state index contributed by atoms with van der Waals surface area (Å²) in [5.41, 5.74) is 0.593. The fraction of sp³-hybridized carbons (Fsp3) is 0. The highest BCUT2D eigenvalue weighted by molar-refractivity contribution is 14.1. The van der Waals surface area contributed by atoms with Crippen LogP contribution in [-0.2, 0) is 0 Å². The molecule has 66 valence electrons. The number of rotatable bonds is 1. The standard InChI is InChI=1S/C8H4FIN2O/c9-6-3-1-2-5(4-6)7-11-8(10)12-13-7/h1-4H. The van der Waals surface area contributed by atoms with Crippen LogP contribution in [0.15, 0.2) is 28.8 Å². The van der Waals surface area contributed by atoms with E-state index in [1.165, 1.54) is 12.1 Å². The minimum absolute atomic E-state index is 0.314. The van der Waals surface area contributed by atoms with E-state index in [0.717, 1.165) is 0 Å². The van der Waals surface area contributed by atoms with Crippen LogP contribution >= 0.6 is 22.6 Å². The smallest absolute Gasteiger partial charge is 0.258 e. The van der Waals surface area contributed by atoms with E-state index in [0.29, 0.717) is 15.3 Å². The van der Waals surface area contributed by atoms with Crippen LogP contribution in [0.4, 0.5) is 4.39 Å². The lowest BCUT2D eigenvalue weighted by Crippen LogP contribution is -1.79. The Bertz CT molecular complexity index is 430. The summed E-state index contributed by atoms with van der Waals surface area (Å²) >= 11 is 1.93. The number of halogens is 2. The molecule has 0 saturated heterocycles. The van der Waals surface area contributed by atoms with E-state index < -0.39 is 0 Å². The molecule has 0 N–H and O–H groups in total. The molecule has 1 heterocycles.